The summed E-state index contributed by atoms with van der Waals surface area (Å²) in [7, 11) is 0. The van der Waals surface area contributed by atoms with Crippen LogP contribution in [0.5, 0.6) is 0 Å². The van der Waals surface area contributed by atoms with Gasteiger partial charge >= 0.3 is 5.97 Å². The number of furan rings is 1. The summed E-state index contributed by atoms with van der Waals surface area (Å²) in [5, 5.41) is 11.7. The lowest BCUT2D eigenvalue weighted by molar-refractivity contribution is -0.117. The first-order valence-electron chi connectivity index (χ1n) is 12.0. The Hall–Kier alpha value is -4.17. The number of ketones is 1. The molecule has 0 bridgehead atoms. The van der Waals surface area contributed by atoms with E-state index < -0.39 is 29.5 Å². The van der Waals surface area contributed by atoms with Gasteiger partial charge in [-0.25, -0.2) is 4.79 Å². The van der Waals surface area contributed by atoms with Gasteiger partial charge in [-0.2, -0.15) is 0 Å². The number of ether oxygens (including phenoxy) is 1. The fourth-order valence-corrected chi connectivity index (χ4v) is 4.94. The molecule has 0 fully saturated rings. The topological polar surface area (TPSA) is 97.0 Å². The van der Waals surface area contributed by atoms with Crippen LogP contribution in [0.1, 0.15) is 51.9 Å². The average Bonchev–Trinajstić information content (AvgIpc) is 3.41. The first kappa shape index (κ1) is 25.5. The van der Waals surface area contributed by atoms with Crippen molar-refractivity contribution in [1.82, 2.24) is 0 Å². The highest BCUT2D eigenvalue weighted by molar-refractivity contribution is 9.10. The number of anilines is 1. The molecule has 0 radical (unpaired) electrons. The molecule has 3 aromatic carbocycles. The molecule has 0 spiro atoms. The summed E-state index contributed by atoms with van der Waals surface area (Å²) < 4.78 is 11.9. The number of aliphatic hydroxyl groups is 1. The molecular weight excluding hydrogens is 550 g/mol. The summed E-state index contributed by atoms with van der Waals surface area (Å²) in [6.07, 6.45) is -0.276. The summed E-state index contributed by atoms with van der Waals surface area (Å²) in [4.78, 5) is 40.9. The maximum absolute atomic E-state index is 13.8. The van der Waals surface area contributed by atoms with E-state index >= 15 is 0 Å². The number of hydrogen-bond acceptors (Lipinski definition) is 6. The molecule has 0 saturated heterocycles. The minimum Gasteiger partial charge on any atom is -0.503 e. The lowest BCUT2D eigenvalue weighted by atomic mass is 9.93. The zero-order valence-corrected chi connectivity index (χ0v) is 22.5. The van der Waals surface area contributed by atoms with E-state index in [-0.39, 0.29) is 17.4 Å². The van der Waals surface area contributed by atoms with E-state index in [9.17, 15) is 19.5 Å². The van der Waals surface area contributed by atoms with Gasteiger partial charge in [0.15, 0.2) is 11.5 Å². The highest BCUT2D eigenvalue weighted by Crippen LogP contribution is 2.42. The van der Waals surface area contributed by atoms with Crippen molar-refractivity contribution in [2.24, 2.45) is 0 Å². The predicted molar refractivity (Wildman–Crippen MR) is 146 cm³/mol. The van der Waals surface area contributed by atoms with Crippen LogP contribution in [-0.4, -0.2) is 28.9 Å². The Morgan fingerprint density at radius 1 is 1.03 bits per heavy atom. The molecule has 1 atom stereocenters. The second-order valence-electron chi connectivity index (χ2n) is 9.38. The molecule has 1 amide bonds. The van der Waals surface area contributed by atoms with Crippen molar-refractivity contribution >= 4 is 50.2 Å². The summed E-state index contributed by atoms with van der Waals surface area (Å²) in [6, 6.07) is 19.7. The van der Waals surface area contributed by atoms with Gasteiger partial charge in [-0.3, -0.25) is 14.5 Å². The number of aliphatic hydroxyl groups excluding tert-OH is 1. The number of carbonyl (C=O) groups is 3. The highest BCUT2D eigenvalue weighted by Gasteiger charge is 2.45. The van der Waals surface area contributed by atoms with Crippen molar-refractivity contribution in [3.05, 3.63) is 111 Å². The average molecular weight is 574 g/mol. The number of nitrogens with zero attached hydrogens (tertiary/aromatic N) is 1. The van der Waals surface area contributed by atoms with Crippen LogP contribution in [-0.2, 0) is 9.53 Å². The molecular formula is C30H24BrNO6. The van der Waals surface area contributed by atoms with E-state index in [1.165, 1.54) is 4.90 Å². The first-order valence-corrected chi connectivity index (χ1v) is 12.8. The third-order valence-electron chi connectivity index (χ3n) is 6.24. The van der Waals surface area contributed by atoms with Crippen LogP contribution in [0.25, 0.3) is 11.0 Å². The van der Waals surface area contributed by atoms with Crippen LogP contribution in [0, 0.1) is 6.92 Å². The van der Waals surface area contributed by atoms with Gasteiger partial charge in [-0.05, 0) is 74.9 Å². The number of amides is 1. The number of fused-ring (bicyclic) bond motifs is 1. The van der Waals surface area contributed by atoms with Crippen molar-refractivity contribution in [3.63, 3.8) is 0 Å². The largest absolute Gasteiger partial charge is 0.503 e. The number of benzene rings is 3. The van der Waals surface area contributed by atoms with Crippen LogP contribution in [0.4, 0.5) is 5.69 Å². The fraction of sp³-hybridized carbons (Fsp3) is 0.167. The molecule has 1 aliphatic heterocycles. The van der Waals surface area contributed by atoms with Crippen molar-refractivity contribution < 1.29 is 28.6 Å². The van der Waals surface area contributed by atoms with E-state index in [2.05, 4.69) is 15.9 Å². The Labute approximate surface area is 227 Å². The number of Topliss-reactive ketones (excluding diaryl/α,β-unsaturated/α-hetero) is 1. The number of carbonyl (C=O) groups excluding carboxylic acids is 3. The number of hydrogen-bond donors (Lipinski definition) is 1. The van der Waals surface area contributed by atoms with Crippen LogP contribution < -0.4 is 4.90 Å². The van der Waals surface area contributed by atoms with Gasteiger partial charge in [0.2, 0.25) is 5.78 Å². The van der Waals surface area contributed by atoms with Gasteiger partial charge in [0.1, 0.15) is 5.58 Å². The Morgan fingerprint density at radius 2 is 1.76 bits per heavy atom. The van der Waals surface area contributed by atoms with Crippen LogP contribution in [0.3, 0.4) is 0 Å². The quantitative estimate of drug-likeness (QED) is 0.200. The lowest BCUT2D eigenvalue weighted by Gasteiger charge is -2.27. The lowest BCUT2D eigenvalue weighted by Crippen LogP contribution is -2.31. The number of aryl methyl sites for hydroxylation is 1. The Balaban J connectivity index is 1.59. The van der Waals surface area contributed by atoms with Gasteiger partial charge < -0.3 is 14.3 Å². The molecule has 4 aromatic rings. The maximum atomic E-state index is 13.8. The van der Waals surface area contributed by atoms with Crippen molar-refractivity contribution in [2.75, 3.05) is 4.90 Å². The Morgan fingerprint density at radius 3 is 2.45 bits per heavy atom. The molecule has 7 nitrogen and oxygen atoms in total. The van der Waals surface area contributed by atoms with Crippen LogP contribution in [0.15, 0.2) is 93.0 Å². The zero-order chi connectivity index (χ0) is 27.1. The predicted octanol–water partition coefficient (Wildman–Crippen LogP) is 6.85. The molecule has 5 rings (SSSR count). The molecule has 192 valence electrons. The summed E-state index contributed by atoms with van der Waals surface area (Å²) in [5.41, 5.74) is 2.73. The van der Waals surface area contributed by atoms with Crippen LogP contribution >= 0.6 is 15.9 Å². The molecule has 1 aliphatic rings. The summed E-state index contributed by atoms with van der Waals surface area (Å²) in [5.74, 6) is -2.43. The van der Waals surface area contributed by atoms with Crippen molar-refractivity contribution in [1.29, 1.82) is 0 Å². The minimum atomic E-state index is -0.914. The number of halogens is 1. The smallest absolute Gasteiger partial charge is 0.338 e. The van der Waals surface area contributed by atoms with E-state index in [0.29, 0.717) is 27.8 Å². The zero-order valence-electron chi connectivity index (χ0n) is 20.9. The van der Waals surface area contributed by atoms with Gasteiger partial charge in [0, 0.05) is 15.5 Å². The number of esters is 1. The van der Waals surface area contributed by atoms with Gasteiger partial charge in [0.05, 0.1) is 23.3 Å². The van der Waals surface area contributed by atoms with E-state index in [1.807, 2.05) is 31.2 Å². The second kappa shape index (κ2) is 9.95. The molecule has 1 aromatic heterocycles. The van der Waals surface area contributed by atoms with E-state index in [0.717, 1.165) is 10.0 Å². The molecule has 0 aliphatic carbocycles. The summed E-state index contributed by atoms with van der Waals surface area (Å²) >= 11 is 3.41. The van der Waals surface area contributed by atoms with Gasteiger partial charge in [0.25, 0.3) is 5.91 Å². The van der Waals surface area contributed by atoms with Crippen LogP contribution in [0.2, 0.25) is 0 Å². The van der Waals surface area contributed by atoms with Crippen molar-refractivity contribution in [2.45, 2.75) is 32.9 Å². The minimum absolute atomic E-state index is 0.0127. The third kappa shape index (κ3) is 4.63. The monoisotopic (exact) mass is 573 g/mol. The Bertz CT molecular complexity index is 1620. The summed E-state index contributed by atoms with van der Waals surface area (Å²) in [6.45, 7) is 5.42. The normalized spacial score (nSPS) is 15.6. The third-order valence-corrected chi connectivity index (χ3v) is 6.73. The van der Waals surface area contributed by atoms with E-state index in [1.54, 1.807) is 62.4 Å². The molecule has 2 heterocycles. The number of rotatable bonds is 6. The molecule has 38 heavy (non-hydrogen) atoms. The maximum Gasteiger partial charge on any atom is 0.338 e. The molecule has 8 heteroatoms. The standard InChI is InChI=1S/C30H24BrNO6/c1-16(2)37-30(36)18-7-10-22(11-8-18)32-26(19-6-4-5-17(3)13-19)25(28(34)29(32)35)27(33)24-15-20-14-21(31)9-12-23(20)38-24/h4-16,26,34H,1-3H3. The Kier molecular flexibility index (Phi) is 6.67. The first-order chi connectivity index (χ1) is 18.1. The molecule has 0 saturated carbocycles. The van der Waals surface area contributed by atoms with Crippen molar-refractivity contribution in [3.8, 4) is 0 Å². The van der Waals surface area contributed by atoms with Gasteiger partial charge in [-0.1, -0.05) is 45.8 Å². The second-order valence-corrected chi connectivity index (χ2v) is 10.3. The molecule has 1 unspecified atom stereocenters. The van der Waals surface area contributed by atoms with E-state index in [4.69, 9.17) is 9.15 Å². The molecule has 1 N–H and O–H groups in total. The highest BCUT2D eigenvalue weighted by atomic mass is 79.9. The van der Waals surface area contributed by atoms with Gasteiger partial charge in [-0.15, -0.1) is 0 Å². The SMILES string of the molecule is Cc1cccc(C2C(C(=O)c3cc4cc(Br)ccc4o3)=C(O)C(=O)N2c2ccc(C(=O)OC(C)C)cc2)c1. The fourth-order valence-electron chi connectivity index (χ4n) is 4.56.